The molecule has 0 fully saturated rings. The van der Waals surface area contributed by atoms with Crippen LogP contribution in [0.5, 0.6) is 11.6 Å². The van der Waals surface area contributed by atoms with Gasteiger partial charge in [0.15, 0.2) is 31.7 Å². The molecular formula is C76H79BBr7ClFN6O24. The molecule has 0 bridgehead atoms. The number of aldehydes is 1. The molecule has 0 saturated heterocycles. The predicted octanol–water partition coefficient (Wildman–Crippen LogP) is 18.3. The Balaban J connectivity index is 0.00000131. The van der Waals surface area contributed by atoms with Crippen molar-refractivity contribution in [3.05, 3.63) is 224 Å². The highest BCUT2D eigenvalue weighted by Gasteiger charge is 2.37. The molecule has 623 valence electrons. The Morgan fingerprint density at radius 1 is 0.629 bits per heavy atom. The Kier molecular flexibility index (Phi) is 49.3. The minimum atomic E-state index is -1.47. The Hall–Kier alpha value is -9.32. The number of benzene rings is 7. The Morgan fingerprint density at radius 2 is 1.14 bits per heavy atom. The highest BCUT2D eigenvalue weighted by Crippen LogP contribution is 2.36. The van der Waals surface area contributed by atoms with Crippen molar-refractivity contribution >= 4 is 237 Å². The number of methoxy groups -OCH3 is 1. The van der Waals surface area contributed by atoms with Crippen LogP contribution in [0.4, 0.5) is 32.8 Å². The average Bonchev–Trinajstić information content (AvgIpc) is 1.72. The van der Waals surface area contributed by atoms with Crippen molar-refractivity contribution in [2.75, 3.05) is 69.7 Å². The van der Waals surface area contributed by atoms with Gasteiger partial charge in [-0.25, -0.2) is 4.39 Å². The summed E-state index contributed by atoms with van der Waals surface area (Å²) in [6.07, 6.45) is 2.28. The number of rotatable bonds is 18. The highest BCUT2D eigenvalue weighted by molar-refractivity contribution is 9.11. The maximum absolute atomic E-state index is 13.0. The number of nitro benzene ring substituents is 2. The first kappa shape index (κ1) is 105. The van der Waals surface area contributed by atoms with E-state index in [1.165, 1.54) is 49.8 Å². The third kappa shape index (κ3) is 33.7. The van der Waals surface area contributed by atoms with E-state index in [-0.39, 0.29) is 117 Å². The molecule has 5 heterocycles. The molecule has 1 aromatic heterocycles. The van der Waals surface area contributed by atoms with Gasteiger partial charge in [0.1, 0.15) is 18.0 Å². The van der Waals surface area contributed by atoms with E-state index in [1.54, 1.807) is 71.0 Å². The topological polar surface area (TPSA) is 412 Å². The van der Waals surface area contributed by atoms with Crippen LogP contribution in [-0.4, -0.2) is 142 Å². The molecule has 0 spiro atoms. The number of halogens is 9. The molecule has 0 saturated carbocycles. The predicted molar refractivity (Wildman–Crippen MR) is 459 cm³/mol. The van der Waals surface area contributed by atoms with Gasteiger partial charge < -0.3 is 68.7 Å². The summed E-state index contributed by atoms with van der Waals surface area (Å²) < 4.78 is 61.2. The third-order valence-electron chi connectivity index (χ3n) is 14.1. The first-order valence-corrected chi connectivity index (χ1v) is 38.8. The van der Waals surface area contributed by atoms with Gasteiger partial charge in [-0.2, -0.15) is 0 Å². The lowest BCUT2D eigenvalue weighted by molar-refractivity contribution is -0.385. The molecule has 30 nitrogen and oxygen atoms in total. The standard InChI is InChI=1S/C13H14BrNO6.C11H10BrNO3.C9H6BrNO2.C9H8ClFO2.C8H4BrNO2.C8H6BrNO.C7H12O4.C6H3Br2NO2.C3H6O2.2CH4.B.H2/c1-3-20-12(16)11(13(17)21-4-2)9-6-5-8(14)7-10(9)15(18)19;1-15-6-16-5-9-8-3-2-7(12)4-10(8)13-11(9)14;10-5-1-2-6-7(4-12)9(13)11-8(6)3-5;10-3-6-1-8(11)2-7-4-12-5-13-9(6)7;9-4-1-2-5-6(3-4)10-8(12)7(5)11;9-6-2-1-5-3-8(11)10-7(5)4-6;1-3-10-6(8)5-7(9)11-4-2;7-4-1-2-5(8)6(3-4)9(10)11;1-2-5-3-4;;;;/h5-7,11H,3-4H2,1-2H3;2-5H,6H2,1H3,(H,13,14);1-4,11,13H;1-2H,3-5H2;1-3H,(H,10,11,12);1-2,4H,3H2,(H,10,11);3-5H2,1-2H3;1-3H;3H,2H2,1H3;2*1H4;;1H/b;9-5-;;;;;;;;;;;/i;;;;;;;;;;;;1+1. The second-order valence-corrected chi connectivity index (χ2v) is 28.4. The second kappa shape index (κ2) is 54.6. The van der Waals surface area contributed by atoms with Crippen molar-refractivity contribution in [2.45, 2.75) is 80.7 Å². The van der Waals surface area contributed by atoms with Crippen LogP contribution in [0, 0.1) is 26.0 Å². The number of anilines is 3. The number of fused-ring (bicyclic) bond motifs is 5. The summed E-state index contributed by atoms with van der Waals surface area (Å²) >= 11 is 28.2. The highest BCUT2D eigenvalue weighted by atomic mass is 79.9. The first-order valence-electron chi connectivity index (χ1n) is 32.8. The van der Waals surface area contributed by atoms with E-state index < -0.39 is 51.3 Å². The summed E-state index contributed by atoms with van der Waals surface area (Å²) in [6.45, 7) is 10.6. The molecule has 3 radical (unpaired) electrons. The Labute approximate surface area is 732 Å². The van der Waals surface area contributed by atoms with Crippen LogP contribution in [-0.2, 0) is 95.2 Å². The fourth-order valence-electron chi connectivity index (χ4n) is 9.38. The van der Waals surface area contributed by atoms with E-state index in [0.29, 0.717) is 79.5 Å². The van der Waals surface area contributed by atoms with Gasteiger partial charge in [-0.3, -0.25) is 68.2 Å². The number of ketones is 1. The lowest BCUT2D eigenvalue weighted by Gasteiger charge is -2.19. The number of hydrogen-bond donors (Lipinski definition) is 5. The number of nitrogens with zero attached hydrogens (tertiary/aromatic N) is 2. The zero-order chi connectivity index (χ0) is 84.0. The number of aromatic amines is 1. The minimum absolute atomic E-state index is 0. The van der Waals surface area contributed by atoms with Gasteiger partial charge in [-0.05, 0) is 147 Å². The molecule has 8 aromatic rings. The van der Waals surface area contributed by atoms with Gasteiger partial charge in [-0.15, -0.1) is 11.6 Å². The largest absolute Gasteiger partial charge is 0.494 e. The van der Waals surface area contributed by atoms with Gasteiger partial charge in [0, 0.05) is 83.7 Å². The number of alkyl halides is 1. The van der Waals surface area contributed by atoms with Crippen LogP contribution in [0.1, 0.15) is 112 Å². The molecule has 40 heteroatoms. The van der Waals surface area contributed by atoms with Crippen LogP contribution >= 0.6 is 123 Å². The molecule has 4 aliphatic rings. The molecule has 7 aromatic carbocycles. The SMILES string of the molecule is C.C.CCOC(=O)C(C(=O)OCC)c1ccc(Br)cc1[N+](=O)[O-].CCOC(=O)CC(=O)OCC.CCOC=O.COCO/C=C1\C(=O)Nc2cc(Br)ccc21.Fc1cc(CCl)c2c(c1)COCO2.O=C1Cc2ccc(Br)cc2N1.O=C1Nc2cc(Br)ccc2C1=O.O=Cc1c(O)[nH]c2cc(Br)ccc12.O=[N+]([O-])c1cc(Br)ccc1Br.[2HH].[B]. The number of amides is 3. The summed E-state index contributed by atoms with van der Waals surface area (Å²) in [4.78, 5) is 132. The molecule has 4 aliphatic heterocycles. The molecule has 3 amide bonds. The van der Waals surface area contributed by atoms with Crippen LogP contribution in [0.15, 0.2) is 159 Å². The number of carbonyl (C=O) groups excluding carboxylic acids is 10. The van der Waals surface area contributed by atoms with Crippen LogP contribution in [0.3, 0.4) is 0 Å². The number of H-pyrrole nitrogens is 1. The second-order valence-electron chi connectivity index (χ2n) is 21.8. The average molecular weight is 2090 g/mol. The summed E-state index contributed by atoms with van der Waals surface area (Å²) in [7, 11) is 1.53. The van der Waals surface area contributed by atoms with E-state index in [0.717, 1.165) is 56.9 Å². The van der Waals surface area contributed by atoms with Crippen LogP contribution < -0.4 is 20.7 Å². The number of aromatic nitrogens is 1. The Morgan fingerprint density at radius 3 is 1.66 bits per heavy atom. The van der Waals surface area contributed by atoms with E-state index in [2.05, 4.69) is 147 Å². The van der Waals surface area contributed by atoms with Crippen molar-refractivity contribution in [2.24, 2.45) is 0 Å². The van der Waals surface area contributed by atoms with Crippen molar-refractivity contribution in [3.63, 3.8) is 0 Å². The van der Waals surface area contributed by atoms with E-state index in [9.17, 15) is 77.7 Å². The first-order chi connectivity index (χ1) is 53.8. The van der Waals surface area contributed by atoms with Crippen molar-refractivity contribution in [3.8, 4) is 11.6 Å². The fourth-order valence-corrected chi connectivity index (χ4v) is 12.1. The number of ether oxygens (including phenoxy) is 9. The monoisotopic (exact) mass is 2080 g/mol. The number of nitrogens with one attached hydrogen (secondary N) is 4. The van der Waals surface area contributed by atoms with Gasteiger partial charge in [0.2, 0.25) is 5.91 Å². The van der Waals surface area contributed by atoms with E-state index in [4.69, 9.17) is 40.0 Å². The quantitative estimate of drug-likeness (QED) is 0.00425. The smallest absolute Gasteiger partial charge is 0.325 e. The molecule has 0 aliphatic carbocycles. The summed E-state index contributed by atoms with van der Waals surface area (Å²) in [6, 6.07) is 33.5. The molecule has 0 unspecified atom stereocenters. The van der Waals surface area contributed by atoms with Crippen LogP contribution in [0.25, 0.3) is 16.5 Å². The number of nitro groups is 2. The van der Waals surface area contributed by atoms with Gasteiger partial charge in [0.05, 0.1) is 112 Å². The molecule has 5 N–H and O–H groups in total. The maximum Gasteiger partial charge on any atom is 0.325 e. The zero-order valence-corrected chi connectivity index (χ0v) is 72.7. The maximum atomic E-state index is 13.0. The molecule has 116 heavy (non-hydrogen) atoms. The number of aromatic hydroxyl groups is 1. The lowest BCUT2D eigenvalue weighted by Crippen LogP contribution is -2.26. The van der Waals surface area contributed by atoms with Gasteiger partial charge in [-0.1, -0.05) is 129 Å². The molecule has 12 rings (SSSR count). The molecular weight excluding hydrogens is 2010 g/mol. The molecule has 0 atom stereocenters. The summed E-state index contributed by atoms with van der Waals surface area (Å²) in [5.41, 5.74) is 7.30. The number of carbonyl (C=O) groups is 10. The summed E-state index contributed by atoms with van der Waals surface area (Å²) in [5.74, 6) is -4.85. The van der Waals surface area contributed by atoms with Crippen molar-refractivity contribution < 1.29 is 111 Å². The lowest BCUT2D eigenvalue weighted by atomic mass is 9.97. The van der Waals surface area contributed by atoms with Crippen molar-refractivity contribution in [1.82, 2.24) is 4.98 Å². The number of esters is 4. The summed E-state index contributed by atoms with van der Waals surface area (Å²) in [5, 5.41) is 39.5. The van der Waals surface area contributed by atoms with Crippen LogP contribution in [0.2, 0.25) is 0 Å². The normalized spacial score (nSPS) is 11.8. The van der Waals surface area contributed by atoms with E-state index in [1.807, 2.05) is 48.5 Å². The third-order valence-corrected chi connectivity index (χ3v) is 18.0. The van der Waals surface area contributed by atoms with Gasteiger partial charge in [0.25, 0.3) is 35.4 Å². The van der Waals surface area contributed by atoms with Gasteiger partial charge >= 0.3 is 23.9 Å². The minimum Gasteiger partial charge on any atom is -0.494 e. The number of hydrogen-bond acceptors (Lipinski definition) is 24. The zero-order valence-electron chi connectivity index (χ0n) is 60.8. The number of Topliss-reactive ketones (excluding diaryl/α,β-unsaturated/α-hetero) is 1. The Bertz CT molecular complexity index is 4750. The van der Waals surface area contributed by atoms with Crippen molar-refractivity contribution in [1.29, 1.82) is 0 Å². The van der Waals surface area contributed by atoms with E-state index >= 15 is 0 Å². The fraction of sp³-hybridized carbons (Fsp3) is 0.263.